The number of aliphatic hydroxyl groups excluding tert-OH is 2. The molecular formula is C25H59N7O2Zr. The standard InChI is InChI=1S/C19H40N4O2.C2H7N.2C2H6N.Zr/c1-13(2)22(14(3)4)17(24)20-11-19(9,10)12-21-18(25)23(15(5)6)16(7)8;3*1-3-2;/h13-16H,11-12H2,1-10H3,(H,20,24)(H,21,25);3H,1-2H3;2*1-2H3;/q;;2*-1;+2. The molecule has 0 aromatic carbocycles. The SMILES string of the molecule is CC(C)N(C(O)=NCC(C)(C)CN=C(O)N(C(C)C)C(C)C)C(C)C.CNC.C[N-]C.C[N-]C.[Zr+2]. The predicted molar refractivity (Wildman–Crippen MR) is 153 cm³/mol. The molecular weight excluding hydrogens is 522 g/mol. The van der Waals surface area contributed by atoms with Crippen LogP contribution in [0, 0.1) is 5.41 Å². The zero-order valence-corrected chi connectivity index (χ0v) is 28.3. The van der Waals surface area contributed by atoms with Crippen LogP contribution in [0.1, 0.15) is 69.2 Å². The van der Waals surface area contributed by atoms with E-state index in [1.54, 1.807) is 28.2 Å². The van der Waals surface area contributed by atoms with Gasteiger partial charge in [0.05, 0.1) is 13.1 Å². The zero-order valence-electron chi connectivity index (χ0n) is 25.8. The minimum absolute atomic E-state index is 0. The first-order valence-corrected chi connectivity index (χ1v) is 12.1. The summed E-state index contributed by atoms with van der Waals surface area (Å²) in [6.45, 7) is 21.2. The first-order chi connectivity index (χ1) is 15.5. The monoisotopic (exact) mass is 579 g/mol. The van der Waals surface area contributed by atoms with Crippen LogP contribution in [-0.4, -0.2) is 112 Å². The van der Waals surface area contributed by atoms with Gasteiger partial charge in [0, 0.05) is 29.6 Å². The fourth-order valence-corrected chi connectivity index (χ4v) is 2.90. The van der Waals surface area contributed by atoms with Gasteiger partial charge in [0.2, 0.25) is 0 Å². The van der Waals surface area contributed by atoms with Gasteiger partial charge in [-0.25, -0.2) is 9.98 Å². The molecule has 0 saturated carbocycles. The van der Waals surface area contributed by atoms with E-state index in [1.165, 1.54) is 0 Å². The summed E-state index contributed by atoms with van der Waals surface area (Å²) in [7, 11) is 10.8. The van der Waals surface area contributed by atoms with Gasteiger partial charge in [-0.05, 0) is 69.5 Å². The molecule has 10 heteroatoms. The molecule has 0 rings (SSSR count). The van der Waals surface area contributed by atoms with E-state index in [1.807, 2.05) is 93.1 Å². The van der Waals surface area contributed by atoms with Crippen molar-refractivity contribution in [3.63, 3.8) is 0 Å². The summed E-state index contributed by atoms with van der Waals surface area (Å²) in [5.74, 6) is 0. The fourth-order valence-electron chi connectivity index (χ4n) is 2.90. The number of rotatable bonds is 8. The quantitative estimate of drug-likeness (QED) is 0.272. The average molecular weight is 581 g/mol. The van der Waals surface area contributed by atoms with Crippen LogP contribution in [0.5, 0.6) is 0 Å². The largest absolute Gasteiger partial charge is 2.00 e. The maximum absolute atomic E-state index is 10.3. The molecule has 0 saturated heterocycles. The van der Waals surface area contributed by atoms with Crippen LogP contribution in [0.3, 0.4) is 0 Å². The number of hydrogen-bond acceptors (Lipinski definition) is 3. The summed E-state index contributed by atoms with van der Waals surface area (Å²) in [4.78, 5) is 12.5. The fraction of sp³-hybridized carbons (Fsp3) is 0.920. The molecule has 0 unspecified atom stereocenters. The normalized spacial score (nSPS) is 11.7. The Kier molecular flexibility index (Phi) is 33.4. The van der Waals surface area contributed by atoms with Crippen LogP contribution in [0.25, 0.3) is 10.6 Å². The minimum Gasteiger partial charge on any atom is -0.668 e. The topological polar surface area (TPSA) is 112 Å². The third-order valence-corrected chi connectivity index (χ3v) is 3.98. The van der Waals surface area contributed by atoms with Gasteiger partial charge in [-0.15, -0.1) is 0 Å². The van der Waals surface area contributed by atoms with E-state index in [2.05, 4.69) is 25.9 Å². The Hall–Kier alpha value is -0.697. The van der Waals surface area contributed by atoms with Gasteiger partial charge in [-0.2, -0.15) is 28.2 Å². The Morgan fingerprint density at radius 3 is 1.00 bits per heavy atom. The van der Waals surface area contributed by atoms with E-state index >= 15 is 0 Å². The molecule has 0 radical (unpaired) electrons. The van der Waals surface area contributed by atoms with Crippen LogP contribution < -0.4 is 5.32 Å². The predicted octanol–water partition coefficient (Wildman–Crippen LogP) is 5.15. The van der Waals surface area contributed by atoms with Crippen molar-refractivity contribution in [3.8, 4) is 0 Å². The second-order valence-electron chi connectivity index (χ2n) is 9.98. The number of nitrogens with one attached hydrogen (secondary N) is 1. The van der Waals surface area contributed by atoms with E-state index in [0.29, 0.717) is 13.1 Å². The van der Waals surface area contributed by atoms with Gasteiger partial charge in [0.1, 0.15) is 0 Å². The van der Waals surface area contributed by atoms with Crippen molar-refractivity contribution in [3.05, 3.63) is 10.6 Å². The van der Waals surface area contributed by atoms with Crippen LogP contribution in [0.2, 0.25) is 0 Å². The number of nitrogens with zero attached hydrogens (tertiary/aromatic N) is 6. The Bertz CT molecular complexity index is 451. The Morgan fingerprint density at radius 1 is 0.686 bits per heavy atom. The van der Waals surface area contributed by atoms with Crippen molar-refractivity contribution in [2.24, 2.45) is 15.4 Å². The summed E-state index contributed by atoms with van der Waals surface area (Å²) in [6.07, 6.45) is 0. The van der Waals surface area contributed by atoms with Crippen molar-refractivity contribution in [2.75, 3.05) is 55.4 Å². The van der Waals surface area contributed by atoms with Crippen molar-refractivity contribution >= 4 is 12.0 Å². The van der Waals surface area contributed by atoms with Gasteiger partial charge >= 0.3 is 26.2 Å². The third-order valence-electron chi connectivity index (χ3n) is 3.98. The molecule has 9 nitrogen and oxygen atoms in total. The van der Waals surface area contributed by atoms with Crippen LogP contribution in [-0.2, 0) is 26.2 Å². The number of aliphatic hydroxyl groups is 2. The van der Waals surface area contributed by atoms with Crippen molar-refractivity contribution in [1.29, 1.82) is 0 Å². The van der Waals surface area contributed by atoms with Gasteiger partial charge in [0.25, 0.3) is 12.0 Å². The molecule has 210 valence electrons. The molecule has 0 bridgehead atoms. The average Bonchev–Trinajstić information content (AvgIpc) is 2.66. The van der Waals surface area contributed by atoms with E-state index in [0.717, 1.165) is 0 Å². The van der Waals surface area contributed by atoms with Gasteiger partial charge in [-0.3, -0.25) is 0 Å². The van der Waals surface area contributed by atoms with E-state index in [4.69, 9.17) is 0 Å². The number of amidine groups is 2. The van der Waals surface area contributed by atoms with Gasteiger partial charge < -0.3 is 36.0 Å². The summed E-state index contributed by atoms with van der Waals surface area (Å²) >= 11 is 0. The van der Waals surface area contributed by atoms with Crippen molar-refractivity contribution in [1.82, 2.24) is 15.1 Å². The van der Waals surface area contributed by atoms with Gasteiger partial charge in [-0.1, -0.05) is 13.8 Å². The molecule has 0 fully saturated rings. The third kappa shape index (κ3) is 26.2. The van der Waals surface area contributed by atoms with Crippen molar-refractivity contribution in [2.45, 2.75) is 93.4 Å². The Morgan fingerprint density at radius 2 is 0.857 bits per heavy atom. The molecule has 0 spiro atoms. The molecule has 0 aliphatic rings. The number of aliphatic imine (C=N–C) groups is 2. The second kappa shape index (κ2) is 26.4. The number of hydrogen-bond donors (Lipinski definition) is 3. The van der Waals surface area contributed by atoms with Crippen LogP contribution >= 0.6 is 0 Å². The first-order valence-electron chi connectivity index (χ1n) is 12.1. The second-order valence-corrected chi connectivity index (χ2v) is 9.98. The molecule has 0 atom stereocenters. The van der Waals surface area contributed by atoms with E-state index in [9.17, 15) is 10.2 Å². The molecule has 0 aromatic rings. The molecule has 0 amide bonds. The van der Waals surface area contributed by atoms with E-state index < -0.39 is 0 Å². The van der Waals surface area contributed by atoms with Gasteiger partial charge in [0.15, 0.2) is 0 Å². The molecule has 0 heterocycles. The van der Waals surface area contributed by atoms with Crippen molar-refractivity contribution < 1.29 is 36.4 Å². The summed E-state index contributed by atoms with van der Waals surface area (Å²) < 4.78 is 0. The summed E-state index contributed by atoms with van der Waals surface area (Å²) in [6, 6.07) is 0.854. The minimum atomic E-state index is -0.263. The van der Waals surface area contributed by atoms with Crippen LogP contribution in [0.15, 0.2) is 9.98 Å². The molecule has 35 heavy (non-hydrogen) atoms. The smallest absolute Gasteiger partial charge is 0.668 e. The molecule has 3 N–H and O–H groups in total. The maximum Gasteiger partial charge on any atom is 2.00 e. The maximum atomic E-state index is 10.3. The van der Waals surface area contributed by atoms with E-state index in [-0.39, 0.29) is 67.8 Å². The zero-order chi connectivity index (χ0) is 28.1. The molecule has 0 aliphatic carbocycles. The Balaban J connectivity index is -0.000000259. The molecule has 0 aliphatic heterocycles. The Labute approximate surface area is 237 Å². The first kappa shape index (κ1) is 44.3. The molecule has 0 aromatic heterocycles. The summed E-state index contributed by atoms with van der Waals surface area (Å²) in [5.41, 5.74) is -0.263. The summed E-state index contributed by atoms with van der Waals surface area (Å²) in [5, 5.41) is 30.4. The van der Waals surface area contributed by atoms with Crippen LogP contribution in [0.4, 0.5) is 0 Å².